The number of fused-ring (bicyclic) bond motifs is 1. The highest BCUT2D eigenvalue weighted by molar-refractivity contribution is 7.81. The molecule has 0 spiro atoms. The molecule has 1 unspecified atom stereocenters. The van der Waals surface area contributed by atoms with E-state index in [4.69, 9.17) is 5.73 Å². The molecular formula is C10H10N2OS. The Hall–Kier alpha value is -1.42. The summed E-state index contributed by atoms with van der Waals surface area (Å²) < 4.78 is 0. The first kappa shape index (κ1) is 9.15. The van der Waals surface area contributed by atoms with Gasteiger partial charge in [-0.3, -0.25) is 4.79 Å². The average Bonchev–Trinajstić information content (AvgIpc) is 2.16. The van der Waals surface area contributed by atoms with E-state index in [1.165, 1.54) is 0 Å². The van der Waals surface area contributed by atoms with E-state index in [0.29, 0.717) is 5.57 Å². The number of hydrogen-bond donors (Lipinski definition) is 3. The number of amides is 1. The quantitative estimate of drug-likeness (QED) is 0.605. The molecule has 0 saturated heterocycles. The van der Waals surface area contributed by atoms with E-state index in [-0.39, 0.29) is 5.37 Å². The molecule has 1 aromatic carbocycles. The van der Waals surface area contributed by atoms with Crippen molar-refractivity contribution >= 4 is 30.3 Å². The molecule has 1 amide bonds. The van der Waals surface area contributed by atoms with Gasteiger partial charge in [-0.15, -0.1) is 12.6 Å². The second-order valence-corrected chi connectivity index (χ2v) is 3.61. The van der Waals surface area contributed by atoms with Gasteiger partial charge in [0.2, 0.25) is 5.91 Å². The Labute approximate surface area is 87.4 Å². The smallest absolute Gasteiger partial charge is 0.247 e. The normalized spacial score (nSPS) is 19.2. The average molecular weight is 206 g/mol. The van der Waals surface area contributed by atoms with Crippen LogP contribution in [0.3, 0.4) is 0 Å². The van der Waals surface area contributed by atoms with E-state index in [1.54, 1.807) is 6.08 Å². The van der Waals surface area contributed by atoms with Crippen molar-refractivity contribution in [1.82, 2.24) is 0 Å². The minimum Gasteiger partial charge on any atom is -0.369 e. The molecule has 2 rings (SSSR count). The van der Waals surface area contributed by atoms with Gasteiger partial charge >= 0.3 is 0 Å². The summed E-state index contributed by atoms with van der Waals surface area (Å²) in [5.74, 6) is -0.438. The fourth-order valence-corrected chi connectivity index (χ4v) is 1.77. The van der Waals surface area contributed by atoms with Gasteiger partial charge < -0.3 is 11.1 Å². The van der Waals surface area contributed by atoms with Crippen molar-refractivity contribution in [3.63, 3.8) is 0 Å². The molecule has 4 heteroatoms. The number of anilines is 1. The van der Waals surface area contributed by atoms with Gasteiger partial charge in [-0.25, -0.2) is 0 Å². The molecule has 0 fully saturated rings. The van der Waals surface area contributed by atoms with Gasteiger partial charge in [0.1, 0.15) is 5.37 Å². The Balaban J connectivity index is 2.49. The number of carbonyl (C=O) groups is 1. The molecule has 1 heterocycles. The van der Waals surface area contributed by atoms with Crippen LogP contribution in [0.25, 0.3) is 6.08 Å². The summed E-state index contributed by atoms with van der Waals surface area (Å²) in [6.45, 7) is 0. The van der Waals surface area contributed by atoms with E-state index in [0.717, 1.165) is 11.3 Å². The first-order valence-corrected chi connectivity index (χ1v) is 4.75. The third kappa shape index (κ3) is 1.48. The predicted octanol–water partition coefficient (Wildman–Crippen LogP) is 1.24. The summed E-state index contributed by atoms with van der Waals surface area (Å²) in [5, 5.41) is 2.77. The summed E-state index contributed by atoms with van der Waals surface area (Å²) in [6.07, 6.45) is 1.77. The first-order valence-electron chi connectivity index (χ1n) is 4.23. The van der Waals surface area contributed by atoms with Gasteiger partial charge in [-0.2, -0.15) is 0 Å². The fraction of sp³-hybridized carbons (Fsp3) is 0.100. The monoisotopic (exact) mass is 206 g/mol. The van der Waals surface area contributed by atoms with Crippen molar-refractivity contribution in [1.29, 1.82) is 0 Å². The first-order chi connectivity index (χ1) is 6.68. The van der Waals surface area contributed by atoms with E-state index < -0.39 is 5.91 Å². The molecule has 72 valence electrons. The summed E-state index contributed by atoms with van der Waals surface area (Å²) in [7, 11) is 0. The Bertz CT molecular complexity index is 414. The Morgan fingerprint density at radius 1 is 1.43 bits per heavy atom. The van der Waals surface area contributed by atoms with Crippen molar-refractivity contribution in [3.05, 3.63) is 35.4 Å². The minimum absolute atomic E-state index is 0.317. The van der Waals surface area contributed by atoms with Crippen LogP contribution in [-0.2, 0) is 4.79 Å². The van der Waals surface area contributed by atoms with Crippen LogP contribution in [0.2, 0.25) is 0 Å². The number of carbonyl (C=O) groups excluding carboxylic acids is 1. The van der Waals surface area contributed by atoms with Crippen LogP contribution in [-0.4, -0.2) is 11.3 Å². The number of rotatable bonds is 1. The van der Waals surface area contributed by atoms with E-state index in [1.807, 2.05) is 24.3 Å². The van der Waals surface area contributed by atoms with E-state index in [2.05, 4.69) is 17.9 Å². The molecule has 0 aliphatic carbocycles. The molecule has 0 saturated carbocycles. The molecular weight excluding hydrogens is 196 g/mol. The van der Waals surface area contributed by atoms with Gasteiger partial charge in [0.15, 0.2) is 0 Å². The van der Waals surface area contributed by atoms with Crippen molar-refractivity contribution in [3.8, 4) is 0 Å². The van der Waals surface area contributed by atoms with Crippen molar-refractivity contribution in [2.75, 3.05) is 5.32 Å². The SMILES string of the molecule is NC(=O)C1=Cc2ccccc2NC1S. The van der Waals surface area contributed by atoms with Crippen LogP contribution in [0.4, 0.5) is 5.69 Å². The van der Waals surface area contributed by atoms with Crippen LogP contribution >= 0.6 is 12.6 Å². The van der Waals surface area contributed by atoms with Gasteiger partial charge in [-0.05, 0) is 17.7 Å². The van der Waals surface area contributed by atoms with Crippen molar-refractivity contribution in [2.24, 2.45) is 5.73 Å². The Kier molecular flexibility index (Phi) is 2.21. The van der Waals surface area contributed by atoms with Gasteiger partial charge in [0.25, 0.3) is 0 Å². The second kappa shape index (κ2) is 3.38. The standard InChI is InChI=1S/C10H10N2OS/c11-9(13)7-5-6-3-1-2-4-8(6)12-10(7)14/h1-5,10,12,14H,(H2,11,13). The lowest BCUT2D eigenvalue weighted by Gasteiger charge is -2.22. The van der Waals surface area contributed by atoms with Crippen LogP contribution in [0.1, 0.15) is 5.56 Å². The molecule has 1 atom stereocenters. The highest BCUT2D eigenvalue weighted by atomic mass is 32.1. The number of hydrogen-bond acceptors (Lipinski definition) is 3. The Morgan fingerprint density at radius 2 is 2.14 bits per heavy atom. The lowest BCUT2D eigenvalue weighted by Crippen LogP contribution is -2.28. The fourth-order valence-electron chi connectivity index (χ4n) is 1.43. The van der Waals surface area contributed by atoms with E-state index >= 15 is 0 Å². The topological polar surface area (TPSA) is 55.1 Å². The van der Waals surface area contributed by atoms with Crippen molar-refractivity contribution < 1.29 is 4.79 Å². The molecule has 1 aliphatic rings. The lowest BCUT2D eigenvalue weighted by molar-refractivity contribution is -0.114. The summed E-state index contributed by atoms with van der Waals surface area (Å²) >= 11 is 4.24. The molecule has 14 heavy (non-hydrogen) atoms. The maximum atomic E-state index is 11.0. The highest BCUT2D eigenvalue weighted by Crippen LogP contribution is 2.27. The number of benzene rings is 1. The number of nitrogens with two attached hydrogens (primary N) is 1. The number of primary amides is 1. The second-order valence-electron chi connectivity index (χ2n) is 3.10. The summed E-state index contributed by atoms with van der Waals surface area (Å²) in [4.78, 5) is 11.0. The lowest BCUT2D eigenvalue weighted by atomic mass is 10.0. The zero-order valence-electron chi connectivity index (χ0n) is 7.40. The third-order valence-corrected chi connectivity index (χ3v) is 2.55. The van der Waals surface area contributed by atoms with Crippen LogP contribution in [0.5, 0.6) is 0 Å². The number of thiol groups is 1. The Morgan fingerprint density at radius 3 is 2.86 bits per heavy atom. The number of nitrogens with one attached hydrogen (secondary N) is 1. The zero-order valence-corrected chi connectivity index (χ0v) is 8.29. The summed E-state index contributed by atoms with van der Waals surface area (Å²) in [6, 6.07) is 7.70. The van der Waals surface area contributed by atoms with Gasteiger partial charge in [0.05, 0.1) is 0 Å². The third-order valence-electron chi connectivity index (χ3n) is 2.14. The van der Waals surface area contributed by atoms with Crippen LogP contribution in [0.15, 0.2) is 29.8 Å². The largest absolute Gasteiger partial charge is 0.369 e. The maximum Gasteiger partial charge on any atom is 0.247 e. The zero-order chi connectivity index (χ0) is 10.1. The minimum atomic E-state index is -0.438. The van der Waals surface area contributed by atoms with Crippen LogP contribution in [0, 0.1) is 0 Å². The molecule has 0 radical (unpaired) electrons. The molecule has 0 bridgehead atoms. The molecule has 1 aromatic rings. The van der Waals surface area contributed by atoms with Crippen LogP contribution < -0.4 is 11.1 Å². The number of para-hydroxylation sites is 1. The van der Waals surface area contributed by atoms with Gasteiger partial charge in [0, 0.05) is 11.3 Å². The molecule has 1 aliphatic heterocycles. The molecule has 0 aromatic heterocycles. The van der Waals surface area contributed by atoms with Crippen molar-refractivity contribution in [2.45, 2.75) is 5.37 Å². The van der Waals surface area contributed by atoms with Gasteiger partial charge in [-0.1, -0.05) is 18.2 Å². The molecule has 3 N–H and O–H groups in total. The molecule has 3 nitrogen and oxygen atoms in total. The maximum absolute atomic E-state index is 11.0. The summed E-state index contributed by atoms with van der Waals surface area (Å²) in [5.41, 5.74) is 7.65. The van der Waals surface area contributed by atoms with E-state index in [9.17, 15) is 4.79 Å². The predicted molar refractivity (Wildman–Crippen MR) is 60.0 cm³/mol. The highest BCUT2D eigenvalue weighted by Gasteiger charge is 2.20.